The Morgan fingerprint density at radius 1 is 1.37 bits per heavy atom. The number of nitrogens with zero attached hydrogens (tertiary/aromatic N) is 1. The second-order valence-electron chi connectivity index (χ2n) is 4.09. The van der Waals surface area contributed by atoms with Crippen LogP contribution in [-0.2, 0) is 14.3 Å². The van der Waals surface area contributed by atoms with E-state index in [0.29, 0.717) is 12.8 Å². The fourth-order valence-corrected chi connectivity index (χ4v) is 2.29. The van der Waals surface area contributed by atoms with E-state index in [1.807, 2.05) is 6.92 Å². The van der Waals surface area contributed by atoms with Gasteiger partial charge in [0.25, 0.3) is 15.8 Å². The first-order valence-corrected chi connectivity index (χ1v) is 7.02. The number of nitro groups is 1. The Balaban J connectivity index is 2.66. The molecule has 0 saturated carbocycles. The third-order valence-electron chi connectivity index (χ3n) is 2.32. The number of allylic oxidation sites excluding steroid dienone is 1. The highest BCUT2D eigenvalue weighted by atomic mass is 32.2. The third-order valence-corrected chi connectivity index (χ3v) is 3.65. The molecular formula is C12H15NO5S. The first kappa shape index (κ1) is 15.3. The Hall–Kier alpha value is -1.73. The van der Waals surface area contributed by atoms with Crippen LogP contribution in [-0.4, -0.2) is 19.9 Å². The molecule has 0 aliphatic heterocycles. The highest BCUT2D eigenvalue weighted by Gasteiger charge is 2.16. The minimum atomic E-state index is -3.85. The summed E-state index contributed by atoms with van der Waals surface area (Å²) in [4.78, 5) is 9.77. The molecule has 0 aliphatic rings. The van der Waals surface area contributed by atoms with Crippen molar-refractivity contribution in [2.24, 2.45) is 0 Å². The van der Waals surface area contributed by atoms with Gasteiger partial charge < -0.3 is 0 Å². The average molecular weight is 285 g/mol. The lowest BCUT2D eigenvalue weighted by molar-refractivity contribution is -0.384. The van der Waals surface area contributed by atoms with E-state index in [2.05, 4.69) is 6.58 Å². The first-order valence-electron chi connectivity index (χ1n) is 5.61. The van der Waals surface area contributed by atoms with Crippen LogP contribution < -0.4 is 0 Å². The summed E-state index contributed by atoms with van der Waals surface area (Å²) in [6.07, 6.45) is 1.25. The predicted molar refractivity (Wildman–Crippen MR) is 70.3 cm³/mol. The molecule has 0 saturated heterocycles. The molecular weight excluding hydrogens is 270 g/mol. The van der Waals surface area contributed by atoms with Crippen LogP contribution in [0.15, 0.2) is 41.3 Å². The molecule has 104 valence electrons. The smallest absolute Gasteiger partial charge is 0.266 e. The third kappa shape index (κ3) is 4.80. The van der Waals surface area contributed by atoms with Crippen LogP contribution in [0.4, 0.5) is 5.69 Å². The molecule has 0 bridgehead atoms. The second kappa shape index (κ2) is 6.44. The van der Waals surface area contributed by atoms with Crippen molar-refractivity contribution in [2.45, 2.75) is 24.7 Å². The highest BCUT2D eigenvalue weighted by Crippen LogP contribution is 2.18. The topological polar surface area (TPSA) is 86.5 Å². The standard InChI is InChI=1S/C12H15NO5S/c1-10(2)4-3-9-18-19(16,17)12-7-5-11(6-8-12)13(14)15/h5-8H,1,3-4,9H2,2H3. The molecule has 0 aromatic heterocycles. The molecule has 0 N–H and O–H groups in total. The molecule has 0 spiro atoms. The van der Waals surface area contributed by atoms with Crippen LogP contribution in [0.25, 0.3) is 0 Å². The van der Waals surface area contributed by atoms with Gasteiger partial charge in [0, 0.05) is 12.1 Å². The molecule has 19 heavy (non-hydrogen) atoms. The highest BCUT2D eigenvalue weighted by molar-refractivity contribution is 7.86. The van der Waals surface area contributed by atoms with Crippen LogP contribution in [0.3, 0.4) is 0 Å². The van der Waals surface area contributed by atoms with E-state index in [4.69, 9.17) is 4.18 Å². The number of rotatable bonds is 7. The van der Waals surface area contributed by atoms with Crippen molar-refractivity contribution in [3.05, 3.63) is 46.5 Å². The molecule has 1 aromatic rings. The maximum atomic E-state index is 11.7. The summed E-state index contributed by atoms with van der Waals surface area (Å²) >= 11 is 0. The number of benzene rings is 1. The largest absolute Gasteiger partial charge is 0.296 e. The Bertz CT molecular complexity index is 562. The quantitative estimate of drug-likeness (QED) is 0.253. The van der Waals surface area contributed by atoms with Gasteiger partial charge in [0.15, 0.2) is 0 Å². The fourth-order valence-electron chi connectivity index (χ4n) is 1.35. The molecule has 0 heterocycles. The lowest BCUT2D eigenvalue weighted by atomic mass is 10.2. The molecule has 0 fully saturated rings. The van der Waals surface area contributed by atoms with E-state index in [9.17, 15) is 18.5 Å². The molecule has 0 aliphatic carbocycles. The minimum absolute atomic E-state index is 0.0617. The fraction of sp³-hybridized carbons (Fsp3) is 0.333. The van der Waals surface area contributed by atoms with Gasteiger partial charge in [-0.05, 0) is 31.9 Å². The maximum Gasteiger partial charge on any atom is 0.296 e. The summed E-state index contributed by atoms with van der Waals surface area (Å²) < 4.78 is 28.3. The van der Waals surface area contributed by atoms with Crippen LogP contribution >= 0.6 is 0 Å². The second-order valence-corrected chi connectivity index (χ2v) is 5.70. The van der Waals surface area contributed by atoms with Crippen molar-refractivity contribution in [1.29, 1.82) is 0 Å². The normalized spacial score (nSPS) is 11.2. The van der Waals surface area contributed by atoms with Crippen molar-refractivity contribution in [2.75, 3.05) is 6.61 Å². The minimum Gasteiger partial charge on any atom is -0.266 e. The first-order chi connectivity index (χ1) is 8.83. The average Bonchev–Trinajstić information content (AvgIpc) is 2.34. The summed E-state index contributed by atoms with van der Waals surface area (Å²) in [7, 11) is -3.85. The van der Waals surface area contributed by atoms with Gasteiger partial charge in [0.1, 0.15) is 0 Å². The van der Waals surface area contributed by atoms with Crippen molar-refractivity contribution >= 4 is 15.8 Å². The lowest BCUT2D eigenvalue weighted by Crippen LogP contribution is -2.07. The zero-order valence-corrected chi connectivity index (χ0v) is 11.4. The summed E-state index contributed by atoms with van der Waals surface area (Å²) in [5.74, 6) is 0. The number of non-ortho nitro benzene ring substituents is 1. The molecule has 0 amide bonds. The molecule has 0 atom stereocenters. The SMILES string of the molecule is C=C(C)CCCOS(=O)(=O)c1ccc([N+](=O)[O-])cc1. The van der Waals surface area contributed by atoms with Gasteiger partial charge in [-0.25, -0.2) is 0 Å². The van der Waals surface area contributed by atoms with Crippen LogP contribution in [0.5, 0.6) is 0 Å². The molecule has 6 nitrogen and oxygen atoms in total. The number of hydrogen-bond donors (Lipinski definition) is 0. The summed E-state index contributed by atoms with van der Waals surface area (Å²) in [5, 5.41) is 10.5. The van der Waals surface area contributed by atoms with Crippen molar-refractivity contribution < 1.29 is 17.5 Å². The van der Waals surface area contributed by atoms with Gasteiger partial charge in [-0.15, -0.1) is 6.58 Å². The molecule has 1 rings (SSSR count). The van der Waals surface area contributed by atoms with Gasteiger partial charge in [-0.1, -0.05) is 5.57 Å². The van der Waals surface area contributed by atoms with Crippen LogP contribution in [0.2, 0.25) is 0 Å². The lowest BCUT2D eigenvalue weighted by Gasteiger charge is -2.05. The Labute approximate surface area is 112 Å². The van der Waals surface area contributed by atoms with Gasteiger partial charge >= 0.3 is 0 Å². The van der Waals surface area contributed by atoms with E-state index in [1.165, 1.54) is 0 Å². The van der Waals surface area contributed by atoms with Gasteiger partial charge in [0.05, 0.1) is 16.4 Å². The van der Waals surface area contributed by atoms with E-state index < -0.39 is 15.0 Å². The predicted octanol–water partition coefficient (Wildman–Crippen LogP) is 2.66. The van der Waals surface area contributed by atoms with Crippen molar-refractivity contribution in [3.8, 4) is 0 Å². The summed E-state index contributed by atoms with van der Waals surface area (Å²) in [6.45, 7) is 5.62. The van der Waals surface area contributed by atoms with Gasteiger partial charge in [-0.3, -0.25) is 14.3 Å². The van der Waals surface area contributed by atoms with Crippen LogP contribution in [0, 0.1) is 10.1 Å². The number of nitro benzene ring substituents is 1. The molecule has 1 aromatic carbocycles. The van der Waals surface area contributed by atoms with E-state index in [0.717, 1.165) is 29.8 Å². The van der Waals surface area contributed by atoms with Crippen molar-refractivity contribution in [3.63, 3.8) is 0 Å². The monoisotopic (exact) mass is 285 g/mol. The van der Waals surface area contributed by atoms with E-state index in [-0.39, 0.29) is 17.2 Å². The Morgan fingerprint density at radius 2 is 1.95 bits per heavy atom. The van der Waals surface area contributed by atoms with Gasteiger partial charge in [-0.2, -0.15) is 8.42 Å². The van der Waals surface area contributed by atoms with Gasteiger partial charge in [0.2, 0.25) is 0 Å². The molecule has 7 heteroatoms. The van der Waals surface area contributed by atoms with E-state index >= 15 is 0 Å². The zero-order chi connectivity index (χ0) is 14.5. The summed E-state index contributed by atoms with van der Waals surface area (Å²) in [6, 6.07) is 4.58. The van der Waals surface area contributed by atoms with E-state index in [1.54, 1.807) is 0 Å². The Kier molecular flexibility index (Phi) is 5.20. The Morgan fingerprint density at radius 3 is 2.42 bits per heavy atom. The maximum absolute atomic E-state index is 11.7. The van der Waals surface area contributed by atoms with Crippen LogP contribution in [0.1, 0.15) is 19.8 Å². The molecule has 0 unspecified atom stereocenters. The van der Waals surface area contributed by atoms with Crippen molar-refractivity contribution in [1.82, 2.24) is 0 Å². The summed E-state index contributed by atoms with van der Waals surface area (Å²) in [5.41, 5.74) is 0.789. The molecule has 0 radical (unpaired) electrons. The number of hydrogen-bond acceptors (Lipinski definition) is 5. The zero-order valence-electron chi connectivity index (χ0n) is 10.5.